The number of carbonyl (C=O) groups is 1. The van der Waals surface area contributed by atoms with Crippen molar-refractivity contribution in [1.82, 2.24) is 0 Å². The highest BCUT2D eigenvalue weighted by molar-refractivity contribution is 14.1. The third-order valence-electron chi connectivity index (χ3n) is 2.77. The number of carbonyl (C=O) groups excluding carboxylic acids is 1. The van der Waals surface area contributed by atoms with E-state index < -0.39 is 0 Å². The zero-order valence-electron chi connectivity index (χ0n) is 10.3. The van der Waals surface area contributed by atoms with Crippen molar-refractivity contribution >= 4 is 40.0 Å². The molecule has 2 aromatic rings. The second kappa shape index (κ2) is 6.39. The Labute approximate surface area is 130 Å². The van der Waals surface area contributed by atoms with Gasteiger partial charge in [-0.25, -0.2) is 0 Å². The fraction of sp³-hybridized carbons (Fsp3) is 0.133. The molecule has 4 heteroatoms. The van der Waals surface area contributed by atoms with Crippen LogP contribution in [0.15, 0.2) is 42.5 Å². The number of ketones is 1. The quantitative estimate of drug-likeness (QED) is 0.576. The molecule has 19 heavy (non-hydrogen) atoms. The highest BCUT2D eigenvalue weighted by Crippen LogP contribution is 2.23. The van der Waals surface area contributed by atoms with Crippen LogP contribution in [0.25, 0.3) is 0 Å². The maximum atomic E-state index is 12.3. The van der Waals surface area contributed by atoms with E-state index >= 15 is 0 Å². The maximum absolute atomic E-state index is 12.3. The van der Waals surface area contributed by atoms with Crippen molar-refractivity contribution in [1.29, 1.82) is 0 Å². The lowest BCUT2D eigenvalue weighted by Crippen LogP contribution is -2.06. The van der Waals surface area contributed by atoms with E-state index in [2.05, 4.69) is 22.6 Å². The van der Waals surface area contributed by atoms with Crippen LogP contribution < -0.4 is 4.74 Å². The smallest absolute Gasteiger partial charge is 0.168 e. The molecule has 2 aromatic carbocycles. The first-order chi connectivity index (χ1) is 9.11. The molecule has 0 bridgehead atoms. The summed E-state index contributed by atoms with van der Waals surface area (Å²) in [6.45, 7) is 0. The Morgan fingerprint density at radius 3 is 2.74 bits per heavy atom. The van der Waals surface area contributed by atoms with E-state index in [1.165, 1.54) is 0 Å². The Hall–Kier alpha value is -1.07. The van der Waals surface area contributed by atoms with Crippen LogP contribution in [0.3, 0.4) is 0 Å². The monoisotopic (exact) mass is 386 g/mol. The maximum Gasteiger partial charge on any atom is 0.168 e. The second-order valence-electron chi connectivity index (χ2n) is 4.04. The number of Topliss-reactive ketones (excluding diaryl/α,β-unsaturated/α-hetero) is 1. The van der Waals surface area contributed by atoms with Gasteiger partial charge in [0.1, 0.15) is 5.75 Å². The van der Waals surface area contributed by atoms with Gasteiger partial charge in [0.15, 0.2) is 5.78 Å². The molecule has 0 spiro atoms. The fourth-order valence-corrected chi connectivity index (χ4v) is 2.64. The van der Waals surface area contributed by atoms with Crippen LogP contribution in [0.4, 0.5) is 0 Å². The number of ether oxygens (including phenoxy) is 1. The summed E-state index contributed by atoms with van der Waals surface area (Å²) in [6, 6.07) is 12.9. The minimum atomic E-state index is 0.0383. The van der Waals surface area contributed by atoms with Crippen LogP contribution in [-0.4, -0.2) is 12.9 Å². The number of para-hydroxylation sites is 1. The molecule has 0 amide bonds. The first-order valence-corrected chi connectivity index (χ1v) is 7.17. The average Bonchev–Trinajstić information content (AvgIpc) is 2.42. The Morgan fingerprint density at radius 1 is 1.26 bits per heavy atom. The van der Waals surface area contributed by atoms with E-state index in [0.29, 0.717) is 17.0 Å². The van der Waals surface area contributed by atoms with Gasteiger partial charge in [-0.05, 0) is 46.9 Å². The van der Waals surface area contributed by atoms with Crippen LogP contribution >= 0.6 is 34.2 Å². The van der Waals surface area contributed by atoms with Crippen molar-refractivity contribution < 1.29 is 9.53 Å². The van der Waals surface area contributed by atoms with Crippen LogP contribution in [-0.2, 0) is 6.42 Å². The zero-order valence-corrected chi connectivity index (χ0v) is 13.2. The predicted octanol–water partition coefficient (Wildman–Crippen LogP) is 4.38. The van der Waals surface area contributed by atoms with Crippen molar-refractivity contribution in [2.24, 2.45) is 0 Å². The van der Waals surface area contributed by atoms with Gasteiger partial charge in [0.2, 0.25) is 0 Å². The van der Waals surface area contributed by atoms with Gasteiger partial charge in [0.05, 0.1) is 7.11 Å². The molecular formula is C15H12ClIO2. The number of benzene rings is 2. The van der Waals surface area contributed by atoms with Gasteiger partial charge in [-0.1, -0.05) is 29.8 Å². The third-order valence-corrected chi connectivity index (χ3v) is 3.95. The van der Waals surface area contributed by atoms with E-state index in [9.17, 15) is 4.79 Å². The highest BCUT2D eigenvalue weighted by atomic mass is 127. The Balaban J connectivity index is 2.28. The number of rotatable bonds is 4. The zero-order chi connectivity index (χ0) is 13.8. The predicted molar refractivity (Wildman–Crippen MR) is 85.2 cm³/mol. The van der Waals surface area contributed by atoms with E-state index in [1.807, 2.05) is 30.3 Å². The molecule has 0 fully saturated rings. The molecule has 2 nitrogen and oxygen atoms in total. The molecule has 0 atom stereocenters. The number of hydrogen-bond donors (Lipinski definition) is 0. The normalized spacial score (nSPS) is 10.3. The number of halogens is 2. The van der Waals surface area contributed by atoms with E-state index in [0.717, 1.165) is 14.9 Å². The number of hydrogen-bond acceptors (Lipinski definition) is 2. The van der Waals surface area contributed by atoms with Gasteiger partial charge < -0.3 is 4.74 Å². The molecule has 0 aliphatic carbocycles. The molecular weight excluding hydrogens is 375 g/mol. The SMILES string of the molecule is COc1ccccc1CC(=O)c1cc(Cl)ccc1I. The summed E-state index contributed by atoms with van der Waals surface area (Å²) in [4.78, 5) is 12.3. The van der Waals surface area contributed by atoms with Gasteiger partial charge in [0, 0.05) is 26.1 Å². The Kier molecular flexibility index (Phi) is 4.82. The first kappa shape index (κ1) is 14.3. The molecule has 0 aliphatic rings. The van der Waals surface area contributed by atoms with Gasteiger partial charge in [-0.3, -0.25) is 4.79 Å². The van der Waals surface area contributed by atoms with Gasteiger partial charge in [-0.15, -0.1) is 0 Å². The highest BCUT2D eigenvalue weighted by Gasteiger charge is 2.13. The third kappa shape index (κ3) is 3.48. The van der Waals surface area contributed by atoms with Gasteiger partial charge in [-0.2, -0.15) is 0 Å². The fourth-order valence-electron chi connectivity index (χ4n) is 1.83. The molecule has 2 rings (SSSR count). The summed E-state index contributed by atoms with van der Waals surface area (Å²) < 4.78 is 6.16. The standard InChI is InChI=1S/C15H12ClIO2/c1-19-15-5-3-2-4-10(15)8-14(18)12-9-11(16)6-7-13(12)17/h2-7,9H,8H2,1H3. The Morgan fingerprint density at radius 2 is 2.00 bits per heavy atom. The topological polar surface area (TPSA) is 26.3 Å². The van der Waals surface area contributed by atoms with Crippen LogP contribution in [0.5, 0.6) is 5.75 Å². The van der Waals surface area contributed by atoms with Crippen molar-refractivity contribution in [3.05, 3.63) is 62.2 Å². The molecule has 0 saturated heterocycles. The van der Waals surface area contributed by atoms with E-state index in [-0.39, 0.29) is 5.78 Å². The van der Waals surface area contributed by atoms with Crippen molar-refractivity contribution in [2.45, 2.75) is 6.42 Å². The Bertz CT molecular complexity index is 611. The lowest BCUT2D eigenvalue weighted by Gasteiger charge is -2.08. The molecule has 0 N–H and O–H groups in total. The minimum Gasteiger partial charge on any atom is -0.496 e. The van der Waals surface area contributed by atoms with Crippen LogP contribution in [0, 0.1) is 3.57 Å². The van der Waals surface area contributed by atoms with Crippen molar-refractivity contribution in [3.63, 3.8) is 0 Å². The van der Waals surface area contributed by atoms with Crippen molar-refractivity contribution in [3.8, 4) is 5.75 Å². The first-order valence-electron chi connectivity index (χ1n) is 5.72. The molecule has 0 aliphatic heterocycles. The van der Waals surface area contributed by atoms with Gasteiger partial charge in [0.25, 0.3) is 0 Å². The summed E-state index contributed by atoms with van der Waals surface area (Å²) in [5.74, 6) is 0.768. The molecule has 98 valence electrons. The average molecular weight is 387 g/mol. The minimum absolute atomic E-state index is 0.0383. The number of methoxy groups -OCH3 is 1. The summed E-state index contributed by atoms with van der Waals surface area (Å²) in [5, 5.41) is 0.573. The summed E-state index contributed by atoms with van der Waals surface area (Å²) in [7, 11) is 1.60. The van der Waals surface area contributed by atoms with Crippen molar-refractivity contribution in [2.75, 3.05) is 7.11 Å². The summed E-state index contributed by atoms with van der Waals surface area (Å²) in [5.41, 5.74) is 1.53. The van der Waals surface area contributed by atoms with E-state index in [1.54, 1.807) is 19.2 Å². The molecule has 0 unspecified atom stereocenters. The molecule has 0 aromatic heterocycles. The van der Waals surface area contributed by atoms with E-state index in [4.69, 9.17) is 16.3 Å². The summed E-state index contributed by atoms with van der Waals surface area (Å²) >= 11 is 8.08. The molecule has 0 radical (unpaired) electrons. The second-order valence-corrected chi connectivity index (χ2v) is 5.63. The van der Waals surface area contributed by atoms with Crippen LogP contribution in [0.2, 0.25) is 5.02 Å². The molecule has 0 saturated carbocycles. The van der Waals surface area contributed by atoms with Crippen LogP contribution in [0.1, 0.15) is 15.9 Å². The molecule has 0 heterocycles. The lowest BCUT2D eigenvalue weighted by molar-refractivity contribution is 0.0991. The largest absolute Gasteiger partial charge is 0.496 e. The lowest BCUT2D eigenvalue weighted by atomic mass is 10.0. The van der Waals surface area contributed by atoms with Gasteiger partial charge >= 0.3 is 0 Å². The summed E-state index contributed by atoms with van der Waals surface area (Å²) in [6.07, 6.45) is 0.306.